The summed E-state index contributed by atoms with van der Waals surface area (Å²) in [4.78, 5) is 34.0. The maximum Gasteiger partial charge on any atom is 0.266 e. The summed E-state index contributed by atoms with van der Waals surface area (Å²) in [7, 11) is 0. The number of hydrogen-bond acceptors (Lipinski definition) is 5. The first-order valence-electron chi connectivity index (χ1n) is 9.63. The Bertz CT molecular complexity index is 947. The van der Waals surface area contributed by atoms with E-state index in [-0.39, 0.29) is 24.4 Å². The second kappa shape index (κ2) is 8.88. The van der Waals surface area contributed by atoms with Crippen molar-refractivity contribution in [1.29, 1.82) is 0 Å². The minimum atomic E-state index is -0.202. The van der Waals surface area contributed by atoms with E-state index in [0.717, 1.165) is 30.4 Å². The van der Waals surface area contributed by atoms with E-state index in [1.165, 1.54) is 16.7 Å². The molecule has 1 aromatic carbocycles. The topological polar surface area (TPSA) is 53.5 Å². The summed E-state index contributed by atoms with van der Waals surface area (Å²) in [5.41, 5.74) is 1.97. The number of likely N-dealkylation sites (tertiary alicyclic amines) is 1. The van der Waals surface area contributed by atoms with Crippen LogP contribution in [0.3, 0.4) is 0 Å². The van der Waals surface area contributed by atoms with Gasteiger partial charge in [0.05, 0.1) is 10.9 Å². The third-order valence-corrected chi connectivity index (χ3v) is 6.53. The monoisotopic (exact) mass is 423 g/mol. The van der Waals surface area contributed by atoms with Crippen LogP contribution < -0.4 is 0 Å². The molecule has 1 atom stereocenters. The molecule has 29 heavy (non-hydrogen) atoms. The number of amides is 2. The SMILES string of the molecule is O=C1/C(=C\c2ccccc2)SC(=S)N1CC(=O)N1CCCC[C@H]1c1cccnc1. The first-order valence-corrected chi connectivity index (χ1v) is 10.9. The maximum atomic E-state index is 13.1. The number of rotatable bonds is 4. The lowest BCUT2D eigenvalue weighted by molar-refractivity contribution is -0.138. The molecule has 4 rings (SSSR count). The maximum absolute atomic E-state index is 13.1. The Morgan fingerprint density at radius 1 is 1.21 bits per heavy atom. The normalized spacial score (nSPS) is 21.1. The Morgan fingerprint density at radius 2 is 2.03 bits per heavy atom. The molecule has 3 heterocycles. The van der Waals surface area contributed by atoms with Gasteiger partial charge in [0, 0.05) is 18.9 Å². The van der Waals surface area contributed by atoms with Crippen molar-refractivity contribution in [2.24, 2.45) is 0 Å². The van der Waals surface area contributed by atoms with Crippen molar-refractivity contribution >= 4 is 46.2 Å². The molecular weight excluding hydrogens is 402 g/mol. The summed E-state index contributed by atoms with van der Waals surface area (Å²) in [6.07, 6.45) is 8.32. The fraction of sp³-hybridized carbons (Fsp3) is 0.273. The number of pyridine rings is 1. The average Bonchev–Trinajstić information content (AvgIpc) is 3.02. The molecule has 7 heteroatoms. The molecular formula is C22H21N3O2S2. The molecule has 2 aromatic rings. The van der Waals surface area contributed by atoms with E-state index < -0.39 is 0 Å². The molecule has 148 valence electrons. The van der Waals surface area contributed by atoms with Crippen molar-refractivity contribution in [2.45, 2.75) is 25.3 Å². The zero-order chi connectivity index (χ0) is 20.2. The van der Waals surface area contributed by atoms with Gasteiger partial charge < -0.3 is 4.90 Å². The van der Waals surface area contributed by atoms with Gasteiger partial charge in [0.25, 0.3) is 5.91 Å². The number of carbonyl (C=O) groups excluding carboxylic acids is 2. The van der Waals surface area contributed by atoms with Crippen LogP contribution in [-0.2, 0) is 9.59 Å². The van der Waals surface area contributed by atoms with Crippen molar-refractivity contribution in [1.82, 2.24) is 14.8 Å². The van der Waals surface area contributed by atoms with E-state index in [1.807, 2.05) is 59.6 Å². The summed E-state index contributed by atoms with van der Waals surface area (Å²) < 4.78 is 0.431. The molecule has 0 bridgehead atoms. The number of aromatic nitrogens is 1. The van der Waals surface area contributed by atoms with Crippen molar-refractivity contribution < 1.29 is 9.59 Å². The number of hydrogen-bond donors (Lipinski definition) is 0. The number of piperidine rings is 1. The molecule has 2 saturated heterocycles. The molecule has 2 amide bonds. The van der Waals surface area contributed by atoms with Crippen LogP contribution in [0, 0.1) is 0 Å². The van der Waals surface area contributed by atoms with E-state index in [4.69, 9.17) is 12.2 Å². The molecule has 1 aromatic heterocycles. The highest BCUT2D eigenvalue weighted by molar-refractivity contribution is 8.26. The van der Waals surface area contributed by atoms with E-state index in [0.29, 0.717) is 15.8 Å². The van der Waals surface area contributed by atoms with Crippen LogP contribution in [0.25, 0.3) is 6.08 Å². The number of benzene rings is 1. The Morgan fingerprint density at radius 3 is 2.79 bits per heavy atom. The van der Waals surface area contributed by atoms with E-state index in [9.17, 15) is 9.59 Å². The summed E-state index contributed by atoms with van der Waals surface area (Å²) in [6, 6.07) is 13.5. The number of thiocarbonyl (C=S) groups is 1. The van der Waals surface area contributed by atoms with Gasteiger partial charge in [-0.25, -0.2) is 0 Å². The molecule has 0 spiro atoms. The first kappa shape index (κ1) is 19.8. The van der Waals surface area contributed by atoms with Crippen molar-refractivity contribution in [3.8, 4) is 0 Å². The van der Waals surface area contributed by atoms with Gasteiger partial charge in [-0.15, -0.1) is 0 Å². The minimum absolute atomic E-state index is 0.00297. The van der Waals surface area contributed by atoms with Gasteiger partial charge in [-0.2, -0.15) is 0 Å². The third-order valence-electron chi connectivity index (χ3n) is 5.16. The molecule has 2 aliphatic heterocycles. The summed E-state index contributed by atoms with van der Waals surface area (Å²) in [5.74, 6) is -0.275. The smallest absolute Gasteiger partial charge is 0.266 e. The Labute approximate surface area is 179 Å². The Hall–Kier alpha value is -2.51. The Kier molecular flexibility index (Phi) is 6.06. The predicted octanol–water partition coefficient (Wildman–Crippen LogP) is 4.04. The van der Waals surface area contributed by atoms with Gasteiger partial charge >= 0.3 is 0 Å². The van der Waals surface area contributed by atoms with Gasteiger partial charge in [0.1, 0.15) is 10.9 Å². The molecule has 0 aliphatic carbocycles. The molecule has 0 saturated carbocycles. The lowest BCUT2D eigenvalue weighted by atomic mass is 9.96. The third kappa shape index (κ3) is 4.41. The van der Waals surface area contributed by atoms with Crippen molar-refractivity contribution in [3.05, 3.63) is 70.9 Å². The van der Waals surface area contributed by atoms with Gasteiger partial charge in [0.2, 0.25) is 5.91 Å². The fourth-order valence-corrected chi connectivity index (χ4v) is 4.97. The van der Waals surface area contributed by atoms with Crippen LogP contribution >= 0.6 is 24.0 Å². The first-order chi connectivity index (χ1) is 14.1. The molecule has 0 N–H and O–H groups in total. The highest BCUT2D eigenvalue weighted by Gasteiger charge is 2.36. The quantitative estimate of drug-likeness (QED) is 0.549. The summed E-state index contributed by atoms with van der Waals surface area (Å²) in [6.45, 7) is 0.667. The van der Waals surface area contributed by atoms with Gasteiger partial charge in [0.15, 0.2) is 0 Å². The van der Waals surface area contributed by atoms with Gasteiger partial charge in [-0.1, -0.05) is 60.4 Å². The fourth-order valence-electron chi connectivity index (χ4n) is 3.71. The van der Waals surface area contributed by atoms with E-state index in [2.05, 4.69) is 4.98 Å². The van der Waals surface area contributed by atoms with Crippen LogP contribution in [0.4, 0.5) is 0 Å². The highest BCUT2D eigenvalue weighted by atomic mass is 32.2. The molecule has 0 radical (unpaired) electrons. The number of thioether (sulfide) groups is 1. The van der Waals surface area contributed by atoms with Crippen LogP contribution in [0.15, 0.2) is 59.8 Å². The predicted molar refractivity (Wildman–Crippen MR) is 119 cm³/mol. The largest absolute Gasteiger partial charge is 0.334 e. The number of carbonyl (C=O) groups is 2. The Balaban J connectivity index is 1.49. The van der Waals surface area contributed by atoms with Gasteiger partial charge in [-0.05, 0) is 42.5 Å². The minimum Gasteiger partial charge on any atom is -0.334 e. The standard InChI is InChI=1S/C22H21N3O2S2/c26-20(24-12-5-4-10-18(24)17-9-6-11-23-14-17)15-25-21(27)19(29-22(25)28)13-16-7-2-1-3-8-16/h1-3,6-9,11,13-14,18H,4-5,10,12,15H2/b19-13+/t18-/m0/s1. The summed E-state index contributed by atoms with van der Waals surface area (Å²) in [5, 5.41) is 0. The molecule has 2 fully saturated rings. The lowest BCUT2D eigenvalue weighted by Gasteiger charge is -2.36. The van der Waals surface area contributed by atoms with E-state index >= 15 is 0 Å². The number of nitrogens with zero attached hydrogens (tertiary/aromatic N) is 3. The van der Waals surface area contributed by atoms with Crippen molar-refractivity contribution in [2.75, 3.05) is 13.1 Å². The second-order valence-electron chi connectivity index (χ2n) is 7.06. The van der Waals surface area contributed by atoms with Crippen molar-refractivity contribution in [3.63, 3.8) is 0 Å². The average molecular weight is 424 g/mol. The molecule has 5 nitrogen and oxygen atoms in total. The summed E-state index contributed by atoms with van der Waals surface area (Å²) >= 11 is 6.65. The van der Waals surface area contributed by atoms with Crippen LogP contribution in [0.1, 0.15) is 36.4 Å². The zero-order valence-corrected chi connectivity index (χ0v) is 17.5. The lowest BCUT2D eigenvalue weighted by Crippen LogP contribution is -2.45. The molecule has 2 aliphatic rings. The van der Waals surface area contributed by atoms with Gasteiger partial charge in [-0.3, -0.25) is 19.5 Å². The molecule has 0 unspecified atom stereocenters. The van der Waals surface area contributed by atoms with E-state index in [1.54, 1.807) is 6.20 Å². The van der Waals surface area contributed by atoms with Crippen LogP contribution in [0.2, 0.25) is 0 Å². The second-order valence-corrected chi connectivity index (χ2v) is 8.74. The zero-order valence-electron chi connectivity index (χ0n) is 15.9. The highest BCUT2D eigenvalue weighted by Crippen LogP contribution is 2.34. The van der Waals surface area contributed by atoms with Crippen LogP contribution in [-0.4, -0.2) is 44.0 Å². The van der Waals surface area contributed by atoms with Crippen LogP contribution in [0.5, 0.6) is 0 Å².